The molecule has 0 aliphatic carbocycles. The number of thiocarbonyl (C=S) groups is 1. The van der Waals surface area contributed by atoms with E-state index in [1.807, 2.05) is 0 Å². The summed E-state index contributed by atoms with van der Waals surface area (Å²) in [5, 5.41) is 12.1. The predicted octanol–water partition coefficient (Wildman–Crippen LogP) is 3.47. The summed E-state index contributed by atoms with van der Waals surface area (Å²) in [4.78, 5) is 38.8. The van der Waals surface area contributed by atoms with Gasteiger partial charge in [-0.1, -0.05) is 30.0 Å². The van der Waals surface area contributed by atoms with E-state index in [1.165, 1.54) is 22.3 Å². The van der Waals surface area contributed by atoms with Gasteiger partial charge in [0.05, 0.1) is 11.4 Å². The lowest BCUT2D eigenvalue weighted by Crippen LogP contribution is -2.49. The topological polar surface area (TPSA) is 89.9 Å². The van der Waals surface area contributed by atoms with E-state index in [0.29, 0.717) is 40.3 Å². The average Bonchev–Trinajstić information content (AvgIpc) is 3.49. The third-order valence-electron chi connectivity index (χ3n) is 5.19. The fourth-order valence-corrected chi connectivity index (χ4v) is 5.69. The van der Waals surface area contributed by atoms with Crippen LogP contribution in [0.4, 0.5) is 8.78 Å². The zero-order valence-electron chi connectivity index (χ0n) is 16.9. The molecule has 2 N–H and O–H groups in total. The molecule has 4 rings (SSSR count). The number of nitrogens with one attached hydrogen (secondary N) is 1. The Hall–Kier alpha value is -2.67. The molecule has 1 atom stereocenters. The number of benzene rings is 1. The largest absolute Gasteiger partial charge is 0.480 e. The van der Waals surface area contributed by atoms with E-state index in [9.17, 15) is 28.3 Å². The van der Waals surface area contributed by atoms with Gasteiger partial charge in [-0.2, -0.15) is 0 Å². The molecule has 1 aromatic heterocycles. The van der Waals surface area contributed by atoms with E-state index in [4.69, 9.17) is 12.2 Å². The van der Waals surface area contributed by atoms with Crippen molar-refractivity contribution < 1.29 is 28.3 Å². The minimum atomic E-state index is -1.05. The van der Waals surface area contributed by atoms with Crippen molar-refractivity contribution in [1.29, 1.82) is 0 Å². The quantitative estimate of drug-likeness (QED) is 0.455. The van der Waals surface area contributed by atoms with Crippen LogP contribution < -0.4 is 5.43 Å². The Morgan fingerprint density at radius 1 is 1.24 bits per heavy atom. The van der Waals surface area contributed by atoms with Gasteiger partial charge in [0, 0.05) is 11.4 Å². The summed E-state index contributed by atoms with van der Waals surface area (Å²) in [5.41, 5.74) is 3.89. The fourth-order valence-electron chi connectivity index (χ4n) is 3.56. The van der Waals surface area contributed by atoms with E-state index in [1.54, 1.807) is 17.5 Å². The summed E-state index contributed by atoms with van der Waals surface area (Å²) in [7, 11) is 0. The van der Waals surface area contributed by atoms with Crippen LogP contribution >= 0.6 is 35.3 Å². The van der Waals surface area contributed by atoms with Gasteiger partial charge in [0.1, 0.15) is 6.04 Å². The van der Waals surface area contributed by atoms with Crippen molar-refractivity contribution in [3.05, 3.63) is 51.1 Å². The molecule has 2 aliphatic rings. The molecule has 0 radical (unpaired) electrons. The average molecular weight is 510 g/mol. The number of aliphatic carboxylic acids is 1. The van der Waals surface area contributed by atoms with E-state index >= 15 is 0 Å². The minimum Gasteiger partial charge on any atom is -0.480 e. The highest BCUT2D eigenvalue weighted by Crippen LogP contribution is 2.34. The summed E-state index contributed by atoms with van der Waals surface area (Å²) in [5.74, 6) is -3.77. The van der Waals surface area contributed by atoms with Crippen LogP contribution in [0.15, 0.2) is 34.6 Å². The second-order valence-electron chi connectivity index (χ2n) is 7.30. The first-order chi connectivity index (χ1) is 15.7. The SMILES string of the molecule is O=C(O)[C@@H]1CCCN1C(=O)CNN1C(=O)/C(=C/c2cc(-c3ccc(F)c(F)c3)cs2)SC1=S. The zero-order chi connectivity index (χ0) is 23.7. The highest BCUT2D eigenvalue weighted by atomic mass is 32.2. The first-order valence-electron chi connectivity index (χ1n) is 9.82. The van der Waals surface area contributed by atoms with Gasteiger partial charge in [0.15, 0.2) is 16.0 Å². The van der Waals surface area contributed by atoms with Crippen LogP contribution in [0.3, 0.4) is 0 Å². The smallest absolute Gasteiger partial charge is 0.326 e. The molecule has 12 heteroatoms. The normalized spacial score (nSPS) is 19.7. The molecule has 2 fully saturated rings. The number of thioether (sulfide) groups is 1. The molecular weight excluding hydrogens is 492 g/mol. The van der Waals surface area contributed by atoms with Crippen LogP contribution in [0.25, 0.3) is 17.2 Å². The Balaban J connectivity index is 1.42. The standard InChI is InChI=1S/C21H17F2N3O4S3/c22-14-4-3-11(7-15(14)23)12-6-13(32-10-12)8-17-19(28)26(21(31)33-17)24-9-18(27)25-5-1-2-16(25)20(29)30/h3-4,6-8,10,16,24H,1-2,5,9H2,(H,29,30)/b17-8-/t16-/m0/s1. The molecular formula is C21H17F2N3O4S3. The molecule has 0 bridgehead atoms. The molecule has 7 nitrogen and oxygen atoms in total. The van der Waals surface area contributed by atoms with Crippen LogP contribution in [-0.2, 0) is 14.4 Å². The molecule has 2 saturated heterocycles. The Morgan fingerprint density at radius 3 is 2.76 bits per heavy atom. The molecule has 2 aromatic rings. The van der Waals surface area contributed by atoms with Gasteiger partial charge < -0.3 is 10.0 Å². The number of amides is 2. The van der Waals surface area contributed by atoms with Crippen LogP contribution in [0.5, 0.6) is 0 Å². The maximum absolute atomic E-state index is 13.5. The molecule has 1 aromatic carbocycles. The Labute approximate surface area is 201 Å². The number of nitrogens with zero attached hydrogens (tertiary/aromatic N) is 2. The van der Waals surface area contributed by atoms with Gasteiger partial charge in [0.25, 0.3) is 5.91 Å². The molecule has 33 heavy (non-hydrogen) atoms. The Morgan fingerprint density at radius 2 is 2.03 bits per heavy atom. The lowest BCUT2D eigenvalue weighted by molar-refractivity contribution is -0.148. The van der Waals surface area contributed by atoms with Crippen LogP contribution in [-0.4, -0.2) is 56.3 Å². The van der Waals surface area contributed by atoms with Crippen molar-refractivity contribution in [3.8, 4) is 11.1 Å². The fraction of sp³-hybridized carbons (Fsp3) is 0.238. The molecule has 0 spiro atoms. The number of carboxylic acid groups (broad SMARTS) is 1. The lowest BCUT2D eigenvalue weighted by Gasteiger charge is -2.23. The summed E-state index contributed by atoms with van der Waals surface area (Å²) in [6.07, 6.45) is 2.65. The number of carboxylic acids is 1. The summed E-state index contributed by atoms with van der Waals surface area (Å²) in [6, 6.07) is 4.53. The number of carbonyl (C=O) groups is 3. The van der Waals surface area contributed by atoms with E-state index in [-0.39, 0.29) is 10.9 Å². The maximum Gasteiger partial charge on any atom is 0.326 e. The first kappa shape index (κ1) is 23.5. The van der Waals surface area contributed by atoms with Crippen molar-refractivity contribution in [1.82, 2.24) is 15.3 Å². The van der Waals surface area contributed by atoms with Crippen molar-refractivity contribution >= 4 is 63.5 Å². The van der Waals surface area contributed by atoms with E-state index < -0.39 is 35.5 Å². The zero-order valence-corrected chi connectivity index (χ0v) is 19.4. The molecule has 172 valence electrons. The van der Waals surface area contributed by atoms with Crippen molar-refractivity contribution in [2.24, 2.45) is 0 Å². The molecule has 2 aliphatic heterocycles. The predicted molar refractivity (Wildman–Crippen MR) is 125 cm³/mol. The maximum atomic E-state index is 13.5. The highest BCUT2D eigenvalue weighted by molar-refractivity contribution is 8.26. The van der Waals surface area contributed by atoms with Crippen molar-refractivity contribution in [2.45, 2.75) is 18.9 Å². The van der Waals surface area contributed by atoms with Gasteiger partial charge >= 0.3 is 5.97 Å². The third kappa shape index (κ3) is 4.98. The number of hydrogen-bond acceptors (Lipinski definition) is 7. The number of likely N-dealkylation sites (tertiary alicyclic amines) is 1. The summed E-state index contributed by atoms with van der Waals surface area (Å²) >= 11 is 7.63. The second kappa shape index (κ2) is 9.67. The van der Waals surface area contributed by atoms with E-state index in [0.717, 1.165) is 28.9 Å². The minimum absolute atomic E-state index is 0.215. The number of rotatable bonds is 6. The van der Waals surface area contributed by atoms with Crippen molar-refractivity contribution in [3.63, 3.8) is 0 Å². The summed E-state index contributed by atoms with van der Waals surface area (Å²) in [6.45, 7) is 0.0945. The number of carbonyl (C=O) groups excluding carboxylic acids is 2. The number of hydrazine groups is 1. The number of hydrogen-bond donors (Lipinski definition) is 2. The van der Waals surface area contributed by atoms with Gasteiger partial charge in [0.2, 0.25) is 5.91 Å². The lowest BCUT2D eigenvalue weighted by atomic mass is 10.1. The van der Waals surface area contributed by atoms with Gasteiger partial charge in [-0.15, -0.1) is 11.3 Å². The monoisotopic (exact) mass is 509 g/mol. The van der Waals surface area contributed by atoms with Crippen LogP contribution in [0.2, 0.25) is 0 Å². The molecule has 2 amide bonds. The summed E-state index contributed by atoms with van der Waals surface area (Å²) < 4.78 is 26.9. The number of thiophene rings is 1. The van der Waals surface area contributed by atoms with Gasteiger partial charge in [-0.25, -0.2) is 24.0 Å². The molecule has 0 unspecified atom stereocenters. The molecule has 3 heterocycles. The highest BCUT2D eigenvalue weighted by Gasteiger charge is 2.36. The first-order valence-corrected chi connectivity index (χ1v) is 11.9. The molecule has 0 saturated carbocycles. The Kier molecular flexibility index (Phi) is 6.88. The number of halogens is 2. The Bertz CT molecular complexity index is 1180. The second-order valence-corrected chi connectivity index (χ2v) is 9.92. The van der Waals surface area contributed by atoms with Crippen LogP contribution in [0, 0.1) is 11.6 Å². The van der Waals surface area contributed by atoms with Crippen molar-refractivity contribution in [2.75, 3.05) is 13.1 Å². The van der Waals surface area contributed by atoms with Gasteiger partial charge in [-0.05, 0) is 53.6 Å². The van der Waals surface area contributed by atoms with Crippen LogP contribution in [0.1, 0.15) is 17.7 Å². The van der Waals surface area contributed by atoms with Gasteiger partial charge in [-0.3, -0.25) is 9.59 Å². The third-order valence-corrected chi connectivity index (χ3v) is 7.37. The van der Waals surface area contributed by atoms with E-state index in [2.05, 4.69) is 5.43 Å².